The Balaban J connectivity index is 1.96. The minimum Gasteiger partial charge on any atom is -0.340 e. The normalized spacial score (nSPS) is 10.3. The number of para-hydroxylation sites is 1. The summed E-state index contributed by atoms with van der Waals surface area (Å²) in [6.07, 6.45) is 0. The Morgan fingerprint density at radius 1 is 1.05 bits per heavy atom. The van der Waals surface area contributed by atoms with Crippen LogP contribution in [0, 0.1) is 10.7 Å². The van der Waals surface area contributed by atoms with Crippen molar-refractivity contribution in [1.82, 2.24) is 9.97 Å². The number of hydrogen-bond donors (Lipinski definition) is 1. The molecule has 0 saturated carbocycles. The van der Waals surface area contributed by atoms with Gasteiger partial charge in [0.25, 0.3) is 0 Å². The highest BCUT2D eigenvalue weighted by molar-refractivity contribution is 8.03. The predicted molar refractivity (Wildman–Crippen MR) is 85.7 cm³/mol. The van der Waals surface area contributed by atoms with Crippen LogP contribution in [0.25, 0.3) is 10.9 Å². The molecule has 0 aliphatic carbocycles. The molecule has 0 radical (unpaired) electrons. The molecule has 0 saturated heterocycles. The van der Waals surface area contributed by atoms with Gasteiger partial charge in [-0.05, 0) is 59.8 Å². The second kappa shape index (κ2) is 6.00. The molecule has 6 heteroatoms. The highest BCUT2D eigenvalue weighted by Crippen LogP contribution is 2.26. The number of halogens is 1. The summed E-state index contributed by atoms with van der Waals surface area (Å²) in [5.41, 5.74) is 1.66. The first-order valence-electron chi connectivity index (χ1n) is 6.11. The van der Waals surface area contributed by atoms with Crippen molar-refractivity contribution < 1.29 is 0 Å². The van der Waals surface area contributed by atoms with Crippen molar-refractivity contribution in [3.63, 3.8) is 0 Å². The number of nitrogens with one attached hydrogen (secondary N) is 1. The molecule has 0 spiro atoms. The van der Waals surface area contributed by atoms with E-state index in [0.29, 0.717) is 5.82 Å². The Kier molecular flexibility index (Phi) is 3.91. The van der Waals surface area contributed by atoms with E-state index in [1.807, 2.05) is 53.9 Å². The molecule has 0 fully saturated rings. The maximum atomic E-state index is 8.64. The molecule has 1 N–H and O–H groups in total. The molecule has 0 atom stereocenters. The Morgan fingerprint density at radius 2 is 1.81 bits per heavy atom. The lowest BCUT2D eigenvalue weighted by molar-refractivity contribution is 1.22. The molecule has 2 aromatic carbocycles. The number of nitriles is 1. The SMILES string of the molecule is N#CSc1ccc(Nc2nc(Cl)nc3ccccc23)cc1. The molecule has 21 heavy (non-hydrogen) atoms. The zero-order chi connectivity index (χ0) is 14.7. The fourth-order valence-electron chi connectivity index (χ4n) is 1.94. The summed E-state index contributed by atoms with van der Waals surface area (Å²) in [6.45, 7) is 0. The van der Waals surface area contributed by atoms with Gasteiger partial charge in [-0.25, -0.2) is 4.98 Å². The maximum absolute atomic E-state index is 8.64. The largest absolute Gasteiger partial charge is 0.340 e. The molecular weight excluding hydrogens is 304 g/mol. The van der Waals surface area contributed by atoms with Crippen molar-refractivity contribution >= 4 is 45.8 Å². The van der Waals surface area contributed by atoms with Crippen molar-refractivity contribution in [3.8, 4) is 5.40 Å². The molecule has 0 bridgehead atoms. The Hall–Kier alpha value is -2.29. The van der Waals surface area contributed by atoms with Crippen LogP contribution in [-0.4, -0.2) is 9.97 Å². The van der Waals surface area contributed by atoms with Gasteiger partial charge in [-0.1, -0.05) is 12.1 Å². The number of anilines is 2. The van der Waals surface area contributed by atoms with E-state index in [1.54, 1.807) is 0 Å². The minimum atomic E-state index is 0.202. The summed E-state index contributed by atoms with van der Waals surface area (Å²) in [5.74, 6) is 0.659. The van der Waals surface area contributed by atoms with Crippen molar-refractivity contribution in [2.24, 2.45) is 0 Å². The van der Waals surface area contributed by atoms with Gasteiger partial charge < -0.3 is 5.32 Å². The highest BCUT2D eigenvalue weighted by atomic mass is 35.5. The Bertz CT molecular complexity index is 827. The quantitative estimate of drug-likeness (QED) is 0.435. The molecule has 0 unspecified atom stereocenters. The zero-order valence-electron chi connectivity index (χ0n) is 10.7. The van der Waals surface area contributed by atoms with E-state index in [9.17, 15) is 0 Å². The van der Waals surface area contributed by atoms with Gasteiger partial charge in [0.1, 0.15) is 11.2 Å². The second-order valence-corrected chi connectivity index (χ2v) is 5.40. The molecule has 0 aliphatic rings. The van der Waals surface area contributed by atoms with Crippen LogP contribution in [0.1, 0.15) is 0 Å². The van der Waals surface area contributed by atoms with Gasteiger partial charge in [0.2, 0.25) is 5.28 Å². The van der Waals surface area contributed by atoms with Crippen LogP contribution in [0.2, 0.25) is 5.28 Å². The zero-order valence-corrected chi connectivity index (χ0v) is 12.3. The van der Waals surface area contributed by atoms with E-state index in [2.05, 4.69) is 15.3 Å². The average Bonchev–Trinajstić information content (AvgIpc) is 2.49. The van der Waals surface area contributed by atoms with Gasteiger partial charge >= 0.3 is 0 Å². The summed E-state index contributed by atoms with van der Waals surface area (Å²) in [4.78, 5) is 9.33. The monoisotopic (exact) mass is 312 g/mol. The first-order chi connectivity index (χ1) is 10.3. The van der Waals surface area contributed by atoms with E-state index in [1.165, 1.54) is 0 Å². The third-order valence-corrected chi connectivity index (χ3v) is 3.62. The van der Waals surface area contributed by atoms with Crippen molar-refractivity contribution in [3.05, 3.63) is 53.8 Å². The Morgan fingerprint density at radius 3 is 2.57 bits per heavy atom. The van der Waals surface area contributed by atoms with E-state index in [0.717, 1.165) is 33.2 Å². The third kappa shape index (κ3) is 3.07. The standard InChI is InChI=1S/C15H9ClN4S/c16-15-19-13-4-2-1-3-12(13)14(20-15)18-10-5-7-11(8-6-10)21-9-17/h1-8H,(H,18,19,20). The molecule has 3 rings (SSSR count). The van der Waals surface area contributed by atoms with Gasteiger partial charge in [0, 0.05) is 16.0 Å². The number of aromatic nitrogens is 2. The highest BCUT2D eigenvalue weighted by Gasteiger charge is 2.06. The van der Waals surface area contributed by atoms with Gasteiger partial charge in [-0.15, -0.1) is 0 Å². The topological polar surface area (TPSA) is 61.6 Å². The second-order valence-electron chi connectivity index (χ2n) is 4.20. The first kappa shape index (κ1) is 13.7. The van der Waals surface area contributed by atoms with Crippen molar-refractivity contribution in [2.45, 2.75) is 4.90 Å². The fraction of sp³-hybridized carbons (Fsp3) is 0. The molecular formula is C15H9ClN4S. The summed E-state index contributed by atoms with van der Waals surface area (Å²) in [7, 11) is 0. The third-order valence-electron chi connectivity index (χ3n) is 2.86. The number of rotatable bonds is 3. The molecule has 1 heterocycles. The van der Waals surface area contributed by atoms with E-state index in [-0.39, 0.29) is 5.28 Å². The maximum Gasteiger partial charge on any atom is 0.224 e. The van der Waals surface area contributed by atoms with Crippen LogP contribution in [0.3, 0.4) is 0 Å². The lowest BCUT2D eigenvalue weighted by Gasteiger charge is -2.09. The smallest absolute Gasteiger partial charge is 0.224 e. The Labute approximate surface area is 130 Å². The van der Waals surface area contributed by atoms with Crippen LogP contribution in [-0.2, 0) is 0 Å². The molecule has 4 nitrogen and oxygen atoms in total. The predicted octanol–water partition coefficient (Wildman–Crippen LogP) is 4.60. The number of hydrogen-bond acceptors (Lipinski definition) is 5. The number of thioether (sulfide) groups is 1. The van der Waals surface area contributed by atoms with E-state index < -0.39 is 0 Å². The summed E-state index contributed by atoms with van der Waals surface area (Å²) in [6, 6.07) is 15.2. The van der Waals surface area contributed by atoms with Gasteiger partial charge in [0.15, 0.2) is 0 Å². The van der Waals surface area contributed by atoms with Gasteiger partial charge in [-0.3, -0.25) is 0 Å². The fourth-order valence-corrected chi connectivity index (χ4v) is 2.49. The molecule has 0 amide bonds. The van der Waals surface area contributed by atoms with E-state index in [4.69, 9.17) is 16.9 Å². The van der Waals surface area contributed by atoms with Gasteiger partial charge in [-0.2, -0.15) is 10.2 Å². The lowest BCUT2D eigenvalue weighted by atomic mass is 10.2. The van der Waals surface area contributed by atoms with Crippen LogP contribution >= 0.6 is 23.4 Å². The van der Waals surface area contributed by atoms with Crippen LogP contribution in [0.5, 0.6) is 0 Å². The number of benzene rings is 2. The first-order valence-corrected chi connectivity index (χ1v) is 7.31. The van der Waals surface area contributed by atoms with Crippen LogP contribution < -0.4 is 5.32 Å². The van der Waals surface area contributed by atoms with Crippen LogP contribution in [0.4, 0.5) is 11.5 Å². The summed E-state index contributed by atoms with van der Waals surface area (Å²) >= 11 is 7.08. The van der Waals surface area contributed by atoms with Crippen LogP contribution in [0.15, 0.2) is 53.4 Å². The summed E-state index contributed by atoms with van der Waals surface area (Å²) in [5, 5.41) is 15.0. The molecule has 0 aliphatic heterocycles. The molecule has 3 aromatic rings. The summed E-state index contributed by atoms with van der Waals surface area (Å²) < 4.78 is 0. The molecule has 1 aromatic heterocycles. The number of fused-ring (bicyclic) bond motifs is 1. The van der Waals surface area contributed by atoms with Crippen molar-refractivity contribution in [2.75, 3.05) is 5.32 Å². The van der Waals surface area contributed by atoms with Gasteiger partial charge in [0.05, 0.1) is 5.52 Å². The average molecular weight is 313 g/mol. The number of thiocyanates is 1. The van der Waals surface area contributed by atoms with Crippen molar-refractivity contribution in [1.29, 1.82) is 5.26 Å². The van der Waals surface area contributed by atoms with E-state index >= 15 is 0 Å². The molecule has 102 valence electrons. The minimum absolute atomic E-state index is 0.202. The number of nitrogens with zero attached hydrogens (tertiary/aromatic N) is 3. The lowest BCUT2D eigenvalue weighted by Crippen LogP contribution is -1.97.